The molecule has 1 heteroatoms. The molecule has 0 aromatic heterocycles. The molecule has 0 N–H and O–H groups in total. The van der Waals surface area contributed by atoms with Gasteiger partial charge in [-0.1, -0.05) is 25.3 Å². The SMILES string of the molecule is CCCCC1C[C@]2(C)C3=C(CCCC3)CC[N+]2(C)C1. The number of quaternary nitrogens is 1. The number of rotatable bonds is 3. The molecule has 0 radical (unpaired) electrons. The van der Waals surface area contributed by atoms with E-state index in [2.05, 4.69) is 20.9 Å². The zero-order valence-corrected chi connectivity index (χ0v) is 13.3. The highest BCUT2D eigenvalue weighted by Crippen LogP contribution is 2.52. The number of likely N-dealkylation sites (N-methyl/N-ethyl adjacent to an activating group) is 1. The van der Waals surface area contributed by atoms with E-state index in [1.165, 1.54) is 75.4 Å². The molecule has 0 saturated carbocycles. The summed E-state index contributed by atoms with van der Waals surface area (Å²) in [6.07, 6.45) is 12.9. The lowest BCUT2D eigenvalue weighted by Gasteiger charge is -2.51. The Hall–Kier alpha value is -0.300. The first-order valence-electron chi connectivity index (χ1n) is 8.65. The van der Waals surface area contributed by atoms with Crippen LogP contribution < -0.4 is 0 Å². The first-order chi connectivity index (χ1) is 9.09. The third kappa shape index (κ3) is 2.09. The van der Waals surface area contributed by atoms with Crippen LogP contribution in [0.3, 0.4) is 0 Å². The smallest absolute Gasteiger partial charge is 0.118 e. The highest BCUT2D eigenvalue weighted by molar-refractivity contribution is 5.29. The molecule has 3 rings (SSSR count). The molecule has 19 heavy (non-hydrogen) atoms. The van der Waals surface area contributed by atoms with Crippen LogP contribution in [-0.4, -0.2) is 30.2 Å². The lowest BCUT2D eigenvalue weighted by molar-refractivity contribution is -0.942. The van der Waals surface area contributed by atoms with E-state index in [0.29, 0.717) is 5.54 Å². The van der Waals surface area contributed by atoms with Crippen molar-refractivity contribution in [2.45, 2.75) is 77.2 Å². The van der Waals surface area contributed by atoms with Gasteiger partial charge >= 0.3 is 0 Å². The van der Waals surface area contributed by atoms with Gasteiger partial charge in [-0.15, -0.1) is 0 Å². The van der Waals surface area contributed by atoms with E-state index in [1.807, 2.05) is 11.1 Å². The summed E-state index contributed by atoms with van der Waals surface area (Å²) in [6.45, 7) is 7.81. The average molecular weight is 262 g/mol. The number of hydrogen-bond donors (Lipinski definition) is 0. The fourth-order valence-corrected chi connectivity index (χ4v) is 5.37. The predicted molar refractivity (Wildman–Crippen MR) is 82.1 cm³/mol. The second kappa shape index (κ2) is 4.91. The zero-order chi connectivity index (χ0) is 13.5. The number of unbranched alkanes of at least 4 members (excludes halogenated alkanes) is 1. The van der Waals surface area contributed by atoms with Gasteiger partial charge in [0.25, 0.3) is 0 Å². The van der Waals surface area contributed by atoms with Crippen LogP contribution in [0.15, 0.2) is 11.1 Å². The third-order valence-electron chi connectivity index (χ3n) is 6.64. The van der Waals surface area contributed by atoms with Crippen molar-refractivity contribution in [3.05, 3.63) is 11.1 Å². The molecule has 0 aromatic rings. The number of nitrogens with zero attached hydrogens (tertiary/aromatic N) is 1. The Labute approximate surface area is 119 Å². The highest BCUT2D eigenvalue weighted by atomic mass is 15.4. The Kier molecular flexibility index (Phi) is 3.53. The second-order valence-electron chi connectivity index (χ2n) is 7.83. The minimum atomic E-state index is 0.506. The van der Waals surface area contributed by atoms with E-state index in [1.54, 1.807) is 0 Å². The lowest BCUT2D eigenvalue weighted by atomic mass is 9.73. The van der Waals surface area contributed by atoms with Crippen molar-refractivity contribution in [2.75, 3.05) is 20.1 Å². The summed E-state index contributed by atoms with van der Waals surface area (Å²) in [4.78, 5) is 0. The molecule has 0 amide bonds. The van der Waals surface area contributed by atoms with Crippen molar-refractivity contribution in [1.82, 2.24) is 0 Å². The maximum Gasteiger partial charge on any atom is 0.118 e. The second-order valence-corrected chi connectivity index (χ2v) is 7.83. The number of hydrogen-bond acceptors (Lipinski definition) is 0. The molecule has 3 aliphatic rings. The zero-order valence-electron chi connectivity index (χ0n) is 13.3. The summed E-state index contributed by atoms with van der Waals surface area (Å²) < 4.78 is 1.36. The molecular weight excluding hydrogens is 230 g/mol. The Morgan fingerprint density at radius 1 is 1.21 bits per heavy atom. The van der Waals surface area contributed by atoms with Crippen molar-refractivity contribution in [1.29, 1.82) is 0 Å². The summed E-state index contributed by atoms with van der Waals surface area (Å²) in [7, 11) is 2.56. The first kappa shape index (κ1) is 13.7. The normalized spacial score (nSPS) is 42.2. The van der Waals surface area contributed by atoms with Gasteiger partial charge < -0.3 is 4.48 Å². The fraction of sp³-hybridized carbons (Fsp3) is 0.889. The molecule has 0 bridgehead atoms. The summed E-state index contributed by atoms with van der Waals surface area (Å²) in [5.74, 6) is 0.990. The number of fused-ring (bicyclic) bond motifs is 2. The molecule has 0 spiro atoms. The molecule has 2 aliphatic heterocycles. The van der Waals surface area contributed by atoms with Gasteiger partial charge in [0, 0.05) is 18.8 Å². The standard InChI is InChI=1S/C18H32N/c1-4-5-8-15-13-18(2)17-10-7-6-9-16(17)11-12-19(18,3)14-15/h15H,4-14H2,1-3H3/q+1/t15?,18-,19?/m1/s1. The van der Waals surface area contributed by atoms with Gasteiger partial charge in [0.15, 0.2) is 0 Å². The molecule has 1 saturated heterocycles. The molecule has 1 aliphatic carbocycles. The van der Waals surface area contributed by atoms with E-state index in [9.17, 15) is 0 Å². The van der Waals surface area contributed by atoms with Gasteiger partial charge in [0.05, 0.1) is 20.1 Å². The minimum Gasteiger partial charge on any atom is -0.317 e. The van der Waals surface area contributed by atoms with E-state index < -0.39 is 0 Å². The van der Waals surface area contributed by atoms with E-state index >= 15 is 0 Å². The topological polar surface area (TPSA) is 0 Å². The van der Waals surface area contributed by atoms with Gasteiger partial charge in [-0.25, -0.2) is 0 Å². The van der Waals surface area contributed by atoms with Crippen LogP contribution in [0, 0.1) is 5.92 Å². The molecule has 108 valence electrons. The fourth-order valence-electron chi connectivity index (χ4n) is 5.37. The van der Waals surface area contributed by atoms with Gasteiger partial charge in [0.1, 0.15) is 5.54 Å². The Balaban J connectivity index is 1.86. The molecule has 2 unspecified atom stereocenters. The molecular formula is C18H32N+. The molecule has 1 nitrogen and oxygen atoms in total. The third-order valence-corrected chi connectivity index (χ3v) is 6.64. The van der Waals surface area contributed by atoms with Crippen LogP contribution in [-0.2, 0) is 0 Å². The van der Waals surface area contributed by atoms with Crippen molar-refractivity contribution < 1.29 is 4.48 Å². The quantitative estimate of drug-likeness (QED) is 0.512. The summed E-state index contributed by atoms with van der Waals surface area (Å²) in [5, 5.41) is 0. The van der Waals surface area contributed by atoms with Crippen LogP contribution in [0.4, 0.5) is 0 Å². The summed E-state index contributed by atoms with van der Waals surface area (Å²) in [6, 6.07) is 0. The van der Waals surface area contributed by atoms with Gasteiger partial charge in [0.2, 0.25) is 0 Å². The van der Waals surface area contributed by atoms with Gasteiger partial charge in [-0.05, 0) is 44.6 Å². The van der Waals surface area contributed by atoms with E-state index in [-0.39, 0.29) is 0 Å². The average Bonchev–Trinajstić information content (AvgIpc) is 2.69. The van der Waals surface area contributed by atoms with Gasteiger partial charge in [-0.2, -0.15) is 0 Å². The Bertz CT molecular complexity index is 383. The monoisotopic (exact) mass is 262 g/mol. The van der Waals surface area contributed by atoms with Gasteiger partial charge in [-0.3, -0.25) is 0 Å². The maximum absolute atomic E-state index is 2.61. The van der Waals surface area contributed by atoms with E-state index in [0.717, 1.165) is 5.92 Å². The Morgan fingerprint density at radius 3 is 2.79 bits per heavy atom. The molecule has 0 aromatic carbocycles. The van der Waals surface area contributed by atoms with Crippen LogP contribution in [0.25, 0.3) is 0 Å². The first-order valence-corrected chi connectivity index (χ1v) is 8.65. The van der Waals surface area contributed by atoms with Crippen molar-refractivity contribution in [3.8, 4) is 0 Å². The van der Waals surface area contributed by atoms with Crippen LogP contribution in [0.5, 0.6) is 0 Å². The highest BCUT2D eigenvalue weighted by Gasteiger charge is 2.56. The molecule has 3 atom stereocenters. The van der Waals surface area contributed by atoms with Crippen LogP contribution in [0.2, 0.25) is 0 Å². The minimum absolute atomic E-state index is 0.506. The van der Waals surface area contributed by atoms with Crippen molar-refractivity contribution in [3.63, 3.8) is 0 Å². The summed E-state index contributed by atoms with van der Waals surface area (Å²) >= 11 is 0. The summed E-state index contributed by atoms with van der Waals surface area (Å²) in [5.41, 5.74) is 4.29. The predicted octanol–water partition coefficient (Wildman–Crippen LogP) is 4.68. The van der Waals surface area contributed by atoms with Crippen LogP contribution >= 0.6 is 0 Å². The van der Waals surface area contributed by atoms with Crippen molar-refractivity contribution in [2.24, 2.45) is 5.92 Å². The van der Waals surface area contributed by atoms with Crippen LogP contribution in [0.1, 0.15) is 71.6 Å². The lowest BCUT2D eigenvalue weighted by Crippen LogP contribution is -2.60. The molecule has 1 fully saturated rings. The Morgan fingerprint density at radius 2 is 2.00 bits per heavy atom. The molecule has 2 heterocycles. The van der Waals surface area contributed by atoms with Crippen molar-refractivity contribution >= 4 is 0 Å². The van der Waals surface area contributed by atoms with E-state index in [4.69, 9.17) is 0 Å². The maximum atomic E-state index is 2.61. The largest absolute Gasteiger partial charge is 0.317 e.